The summed E-state index contributed by atoms with van der Waals surface area (Å²) >= 11 is 4.96. The van der Waals surface area contributed by atoms with Gasteiger partial charge >= 0.3 is 5.97 Å². The molecule has 5 heteroatoms. The first-order chi connectivity index (χ1) is 6.70. The molecule has 0 atom stereocenters. The molecule has 14 heavy (non-hydrogen) atoms. The van der Waals surface area contributed by atoms with Gasteiger partial charge in [0.2, 0.25) is 0 Å². The molecule has 0 amide bonds. The van der Waals surface area contributed by atoms with Crippen molar-refractivity contribution < 1.29 is 9.53 Å². The van der Waals surface area contributed by atoms with Gasteiger partial charge in [-0.05, 0) is 25.6 Å². The van der Waals surface area contributed by atoms with Crippen LogP contribution in [-0.4, -0.2) is 30.8 Å². The lowest BCUT2D eigenvalue weighted by Gasteiger charge is -2.08. The molecule has 0 spiro atoms. The number of carbonyl (C=O) groups is 1. The highest BCUT2D eigenvalue weighted by Crippen LogP contribution is 1.84. The molecule has 0 bridgehead atoms. The number of thiocarbonyl (C=S) groups is 1. The van der Waals surface area contributed by atoms with Crippen molar-refractivity contribution in [1.82, 2.24) is 10.6 Å². The van der Waals surface area contributed by atoms with Crippen LogP contribution in [-0.2, 0) is 9.53 Å². The minimum atomic E-state index is -0.196. The average Bonchev–Trinajstić information content (AvgIpc) is 2.15. The van der Waals surface area contributed by atoms with Crippen molar-refractivity contribution in [1.29, 1.82) is 0 Å². The van der Waals surface area contributed by atoms with Crippen molar-refractivity contribution in [2.24, 2.45) is 0 Å². The van der Waals surface area contributed by atoms with Crippen molar-refractivity contribution in [2.45, 2.75) is 26.7 Å². The van der Waals surface area contributed by atoms with Crippen LogP contribution in [0.5, 0.6) is 0 Å². The number of hydrogen-bond donors (Lipinski definition) is 2. The van der Waals surface area contributed by atoms with Crippen molar-refractivity contribution in [2.75, 3.05) is 19.7 Å². The maximum Gasteiger partial charge on any atom is 0.307 e. The maximum absolute atomic E-state index is 10.9. The molecule has 0 aliphatic carbocycles. The van der Waals surface area contributed by atoms with Gasteiger partial charge in [-0.3, -0.25) is 4.79 Å². The molecule has 0 aromatic carbocycles. The zero-order valence-corrected chi connectivity index (χ0v) is 9.58. The molecule has 0 unspecified atom stereocenters. The zero-order valence-electron chi connectivity index (χ0n) is 8.76. The molecular formula is C9H18N2O2S. The Morgan fingerprint density at radius 3 is 2.50 bits per heavy atom. The number of carbonyl (C=O) groups excluding carboxylic acids is 1. The highest BCUT2D eigenvalue weighted by molar-refractivity contribution is 7.80. The van der Waals surface area contributed by atoms with Crippen molar-refractivity contribution in [3.8, 4) is 0 Å². The largest absolute Gasteiger partial charge is 0.466 e. The van der Waals surface area contributed by atoms with Crippen LogP contribution >= 0.6 is 12.2 Å². The van der Waals surface area contributed by atoms with Crippen LogP contribution in [0.3, 0.4) is 0 Å². The van der Waals surface area contributed by atoms with Crippen LogP contribution in [0.2, 0.25) is 0 Å². The van der Waals surface area contributed by atoms with Gasteiger partial charge in [0.05, 0.1) is 13.0 Å². The molecule has 0 aromatic rings. The number of ether oxygens (including phenoxy) is 1. The van der Waals surface area contributed by atoms with Crippen LogP contribution in [0, 0.1) is 0 Å². The Morgan fingerprint density at radius 2 is 1.93 bits per heavy atom. The third-order valence-corrected chi connectivity index (χ3v) is 1.74. The second-order valence-corrected chi connectivity index (χ2v) is 3.15. The van der Waals surface area contributed by atoms with E-state index in [0.717, 1.165) is 13.0 Å². The summed E-state index contributed by atoms with van der Waals surface area (Å²) in [5.41, 5.74) is 0. The first-order valence-electron chi connectivity index (χ1n) is 4.88. The highest BCUT2D eigenvalue weighted by Gasteiger charge is 2.00. The fourth-order valence-electron chi connectivity index (χ4n) is 0.812. The van der Waals surface area contributed by atoms with Gasteiger partial charge in [0.25, 0.3) is 0 Å². The summed E-state index contributed by atoms with van der Waals surface area (Å²) in [5.74, 6) is -0.196. The molecule has 0 saturated carbocycles. The highest BCUT2D eigenvalue weighted by atomic mass is 32.1. The summed E-state index contributed by atoms with van der Waals surface area (Å²) in [6.07, 6.45) is 1.38. The third kappa shape index (κ3) is 7.79. The van der Waals surface area contributed by atoms with E-state index in [-0.39, 0.29) is 5.97 Å². The summed E-state index contributed by atoms with van der Waals surface area (Å²) < 4.78 is 4.76. The monoisotopic (exact) mass is 218 g/mol. The predicted octanol–water partition coefficient (Wildman–Crippen LogP) is 0.814. The molecule has 4 nitrogen and oxygen atoms in total. The van der Waals surface area contributed by atoms with Crippen LogP contribution in [0.25, 0.3) is 0 Å². The van der Waals surface area contributed by atoms with E-state index in [0.29, 0.717) is 24.7 Å². The van der Waals surface area contributed by atoms with Gasteiger partial charge in [-0.15, -0.1) is 0 Å². The molecular weight excluding hydrogens is 200 g/mol. The second kappa shape index (κ2) is 8.74. The zero-order chi connectivity index (χ0) is 10.8. The van der Waals surface area contributed by atoms with E-state index in [4.69, 9.17) is 17.0 Å². The topological polar surface area (TPSA) is 50.4 Å². The lowest BCUT2D eigenvalue weighted by Crippen LogP contribution is -2.36. The van der Waals surface area contributed by atoms with Crippen molar-refractivity contribution in [3.05, 3.63) is 0 Å². The number of nitrogens with one attached hydrogen (secondary N) is 2. The molecule has 0 rings (SSSR count). The first-order valence-corrected chi connectivity index (χ1v) is 5.28. The molecule has 2 N–H and O–H groups in total. The summed E-state index contributed by atoms with van der Waals surface area (Å²) in [5, 5.41) is 6.53. The molecule has 0 saturated heterocycles. The smallest absolute Gasteiger partial charge is 0.307 e. The normalized spacial score (nSPS) is 9.29. The second-order valence-electron chi connectivity index (χ2n) is 2.74. The van der Waals surface area contributed by atoms with E-state index in [9.17, 15) is 4.79 Å². The van der Waals surface area contributed by atoms with Crippen molar-refractivity contribution in [3.63, 3.8) is 0 Å². The lowest BCUT2D eigenvalue weighted by molar-refractivity contribution is -0.142. The first kappa shape index (κ1) is 13.2. The van der Waals surface area contributed by atoms with Crippen LogP contribution < -0.4 is 10.6 Å². The quantitative estimate of drug-likeness (QED) is 0.510. The summed E-state index contributed by atoms with van der Waals surface area (Å²) in [6.45, 7) is 5.66. The maximum atomic E-state index is 10.9. The van der Waals surface area contributed by atoms with Crippen LogP contribution in [0.4, 0.5) is 0 Å². The van der Waals surface area contributed by atoms with E-state index in [1.165, 1.54) is 0 Å². The van der Waals surface area contributed by atoms with E-state index in [2.05, 4.69) is 17.6 Å². The van der Waals surface area contributed by atoms with Gasteiger partial charge in [0, 0.05) is 13.1 Å². The Morgan fingerprint density at radius 1 is 1.29 bits per heavy atom. The Kier molecular flexibility index (Phi) is 8.22. The van der Waals surface area contributed by atoms with Gasteiger partial charge in [0.15, 0.2) is 5.11 Å². The van der Waals surface area contributed by atoms with Gasteiger partial charge in [-0.2, -0.15) is 0 Å². The Bertz CT molecular complexity index is 186. The fraction of sp³-hybridized carbons (Fsp3) is 0.778. The SMILES string of the molecule is CCCNC(=S)NCCC(=O)OCC. The average molecular weight is 218 g/mol. The molecule has 0 aliphatic rings. The lowest BCUT2D eigenvalue weighted by atomic mass is 10.4. The minimum Gasteiger partial charge on any atom is -0.466 e. The van der Waals surface area contributed by atoms with Crippen molar-refractivity contribution >= 4 is 23.3 Å². The summed E-state index contributed by atoms with van der Waals surface area (Å²) in [6, 6.07) is 0. The van der Waals surface area contributed by atoms with Crippen LogP contribution in [0.15, 0.2) is 0 Å². The number of hydrogen-bond acceptors (Lipinski definition) is 3. The van der Waals surface area contributed by atoms with Gasteiger partial charge in [-0.1, -0.05) is 6.92 Å². The molecule has 0 heterocycles. The molecule has 0 aliphatic heterocycles. The third-order valence-electron chi connectivity index (χ3n) is 1.46. The molecule has 82 valence electrons. The molecule has 0 radical (unpaired) electrons. The fourth-order valence-corrected chi connectivity index (χ4v) is 1.02. The Hall–Kier alpha value is -0.840. The van der Waals surface area contributed by atoms with E-state index in [1.54, 1.807) is 6.92 Å². The van der Waals surface area contributed by atoms with Gasteiger partial charge in [-0.25, -0.2) is 0 Å². The Balaban J connectivity index is 3.34. The van der Waals surface area contributed by atoms with E-state index < -0.39 is 0 Å². The predicted molar refractivity (Wildman–Crippen MR) is 60.1 cm³/mol. The van der Waals surface area contributed by atoms with E-state index in [1.807, 2.05) is 0 Å². The number of esters is 1. The molecule has 0 fully saturated rings. The van der Waals surface area contributed by atoms with Gasteiger partial charge in [0.1, 0.15) is 0 Å². The summed E-state index contributed by atoms with van der Waals surface area (Å²) in [7, 11) is 0. The number of rotatable bonds is 6. The minimum absolute atomic E-state index is 0.196. The Labute approximate surface area is 90.4 Å². The summed E-state index contributed by atoms with van der Waals surface area (Å²) in [4.78, 5) is 10.9. The standard InChI is InChI=1S/C9H18N2O2S/c1-3-6-10-9(14)11-7-5-8(12)13-4-2/h3-7H2,1-2H3,(H2,10,11,14). The molecule has 0 aromatic heterocycles. The van der Waals surface area contributed by atoms with Crippen LogP contribution in [0.1, 0.15) is 26.7 Å². The van der Waals surface area contributed by atoms with E-state index >= 15 is 0 Å². The van der Waals surface area contributed by atoms with Gasteiger partial charge < -0.3 is 15.4 Å².